The Labute approximate surface area is 95.7 Å². The number of hydrogen-bond donors (Lipinski definition) is 1. The van der Waals surface area contributed by atoms with Crippen LogP contribution < -0.4 is 10.5 Å². The molecular weight excluding hydrogens is 210 g/mol. The van der Waals surface area contributed by atoms with Gasteiger partial charge in [0.15, 0.2) is 0 Å². The molecule has 0 heterocycles. The number of unbranched alkanes of at least 4 members (excludes halogenated alkanes) is 1. The molecule has 0 atom stereocenters. The molecule has 0 saturated carbocycles. The van der Waals surface area contributed by atoms with Crippen LogP contribution in [0.4, 0.5) is 0 Å². The van der Waals surface area contributed by atoms with E-state index in [-0.39, 0.29) is 0 Å². The van der Waals surface area contributed by atoms with Crippen LogP contribution in [-0.4, -0.2) is 13.7 Å². The Morgan fingerprint density at radius 1 is 1.47 bits per heavy atom. The molecule has 0 aliphatic carbocycles. The van der Waals surface area contributed by atoms with E-state index in [0.717, 1.165) is 30.7 Å². The van der Waals surface area contributed by atoms with Crippen LogP contribution in [0.5, 0.6) is 5.75 Å². The van der Waals surface area contributed by atoms with Crippen LogP contribution in [-0.2, 0) is 0 Å². The Balaban J connectivity index is 2.73. The molecule has 15 heavy (non-hydrogen) atoms. The normalized spacial score (nSPS) is 10.9. The lowest BCUT2D eigenvalue weighted by Gasteiger charge is -2.04. The third-order valence-corrected chi connectivity index (χ3v) is 2.30. The van der Waals surface area contributed by atoms with Gasteiger partial charge in [-0.3, -0.25) is 0 Å². The molecule has 0 spiro atoms. The SMILES string of the molecule is COc1ccc(Cl)cc1/C=C/CCCN. The molecule has 0 aliphatic heterocycles. The van der Waals surface area contributed by atoms with E-state index in [2.05, 4.69) is 6.08 Å². The number of benzene rings is 1. The highest BCUT2D eigenvalue weighted by Crippen LogP contribution is 2.23. The summed E-state index contributed by atoms with van der Waals surface area (Å²) in [5.41, 5.74) is 6.41. The van der Waals surface area contributed by atoms with Crippen molar-refractivity contribution in [1.82, 2.24) is 0 Å². The van der Waals surface area contributed by atoms with Gasteiger partial charge in [0.1, 0.15) is 5.75 Å². The van der Waals surface area contributed by atoms with Gasteiger partial charge in [0.25, 0.3) is 0 Å². The molecule has 0 bridgehead atoms. The minimum atomic E-state index is 0.717. The third-order valence-electron chi connectivity index (χ3n) is 2.06. The van der Waals surface area contributed by atoms with Crippen molar-refractivity contribution >= 4 is 17.7 Å². The van der Waals surface area contributed by atoms with Gasteiger partial charge in [-0.05, 0) is 37.6 Å². The van der Waals surface area contributed by atoms with E-state index in [4.69, 9.17) is 22.1 Å². The topological polar surface area (TPSA) is 35.2 Å². The summed E-state index contributed by atoms with van der Waals surface area (Å²) in [7, 11) is 1.65. The number of allylic oxidation sites excluding steroid dienone is 1. The number of nitrogens with two attached hydrogens (primary N) is 1. The molecule has 3 heteroatoms. The summed E-state index contributed by atoms with van der Waals surface area (Å²) in [5, 5.41) is 0.717. The van der Waals surface area contributed by atoms with Crippen molar-refractivity contribution in [2.45, 2.75) is 12.8 Å². The van der Waals surface area contributed by atoms with Gasteiger partial charge in [0, 0.05) is 10.6 Å². The first kappa shape index (κ1) is 12.1. The molecule has 0 amide bonds. The fourth-order valence-electron chi connectivity index (χ4n) is 1.28. The first-order chi connectivity index (χ1) is 7.27. The highest BCUT2D eigenvalue weighted by Gasteiger charge is 1.99. The average molecular weight is 226 g/mol. The first-order valence-corrected chi connectivity index (χ1v) is 5.36. The lowest BCUT2D eigenvalue weighted by Crippen LogP contribution is -1.96. The molecule has 0 aliphatic rings. The van der Waals surface area contributed by atoms with Crippen LogP contribution in [0.1, 0.15) is 18.4 Å². The van der Waals surface area contributed by atoms with E-state index in [9.17, 15) is 0 Å². The summed E-state index contributed by atoms with van der Waals surface area (Å²) < 4.78 is 5.22. The highest BCUT2D eigenvalue weighted by atomic mass is 35.5. The molecule has 0 radical (unpaired) electrons. The Bertz CT molecular complexity index is 336. The van der Waals surface area contributed by atoms with Crippen LogP contribution in [0.15, 0.2) is 24.3 Å². The van der Waals surface area contributed by atoms with Gasteiger partial charge in [-0.1, -0.05) is 23.8 Å². The molecule has 1 aromatic carbocycles. The molecular formula is C12H16ClNO. The summed E-state index contributed by atoms with van der Waals surface area (Å²) in [5.74, 6) is 0.836. The number of hydrogen-bond acceptors (Lipinski definition) is 2. The van der Waals surface area contributed by atoms with Crippen LogP contribution in [0.3, 0.4) is 0 Å². The van der Waals surface area contributed by atoms with E-state index < -0.39 is 0 Å². The average Bonchev–Trinajstić information content (AvgIpc) is 2.25. The number of ether oxygens (including phenoxy) is 1. The van der Waals surface area contributed by atoms with Gasteiger partial charge < -0.3 is 10.5 Å². The molecule has 2 N–H and O–H groups in total. The maximum absolute atomic E-state index is 5.90. The standard InChI is InChI=1S/C12H16ClNO/c1-15-12-7-6-11(13)9-10(12)5-3-2-4-8-14/h3,5-7,9H,2,4,8,14H2,1H3/b5-3+. The summed E-state index contributed by atoms with van der Waals surface area (Å²) in [6, 6.07) is 5.57. The maximum Gasteiger partial charge on any atom is 0.126 e. The van der Waals surface area contributed by atoms with Gasteiger partial charge in [-0.2, -0.15) is 0 Å². The van der Waals surface area contributed by atoms with Crippen molar-refractivity contribution in [2.24, 2.45) is 5.73 Å². The monoisotopic (exact) mass is 225 g/mol. The number of rotatable bonds is 5. The summed E-state index contributed by atoms with van der Waals surface area (Å²) in [4.78, 5) is 0. The Morgan fingerprint density at radius 3 is 2.93 bits per heavy atom. The van der Waals surface area contributed by atoms with E-state index >= 15 is 0 Å². The zero-order valence-electron chi connectivity index (χ0n) is 8.87. The molecule has 0 unspecified atom stereocenters. The second kappa shape index (κ2) is 6.49. The van der Waals surface area contributed by atoms with Crippen LogP contribution in [0, 0.1) is 0 Å². The van der Waals surface area contributed by atoms with Crippen LogP contribution >= 0.6 is 11.6 Å². The fourth-order valence-corrected chi connectivity index (χ4v) is 1.46. The molecule has 0 fully saturated rings. The molecule has 0 aromatic heterocycles. The quantitative estimate of drug-likeness (QED) is 0.782. The predicted molar refractivity (Wildman–Crippen MR) is 65.3 cm³/mol. The largest absolute Gasteiger partial charge is 0.496 e. The molecule has 1 rings (SSSR count). The molecule has 1 aromatic rings. The minimum Gasteiger partial charge on any atom is -0.496 e. The predicted octanol–water partition coefficient (Wildman–Crippen LogP) is 3.10. The van der Waals surface area contributed by atoms with Gasteiger partial charge in [0.2, 0.25) is 0 Å². The van der Waals surface area contributed by atoms with E-state index in [1.807, 2.05) is 24.3 Å². The van der Waals surface area contributed by atoms with E-state index in [1.54, 1.807) is 7.11 Å². The van der Waals surface area contributed by atoms with Gasteiger partial charge >= 0.3 is 0 Å². The summed E-state index contributed by atoms with van der Waals surface area (Å²) >= 11 is 5.90. The minimum absolute atomic E-state index is 0.717. The zero-order chi connectivity index (χ0) is 11.1. The lowest BCUT2D eigenvalue weighted by atomic mass is 10.1. The van der Waals surface area contributed by atoms with E-state index in [1.165, 1.54) is 0 Å². The van der Waals surface area contributed by atoms with Gasteiger partial charge in [-0.25, -0.2) is 0 Å². The van der Waals surface area contributed by atoms with E-state index in [0.29, 0.717) is 5.02 Å². The second-order valence-electron chi connectivity index (χ2n) is 3.22. The maximum atomic E-state index is 5.90. The van der Waals surface area contributed by atoms with Crippen molar-refractivity contribution in [3.8, 4) is 5.75 Å². The fraction of sp³-hybridized carbons (Fsp3) is 0.333. The molecule has 2 nitrogen and oxygen atoms in total. The van der Waals surface area contributed by atoms with Crippen molar-refractivity contribution in [3.63, 3.8) is 0 Å². The van der Waals surface area contributed by atoms with Crippen molar-refractivity contribution in [1.29, 1.82) is 0 Å². The van der Waals surface area contributed by atoms with Gasteiger partial charge in [0.05, 0.1) is 7.11 Å². The zero-order valence-corrected chi connectivity index (χ0v) is 9.63. The van der Waals surface area contributed by atoms with Crippen molar-refractivity contribution in [2.75, 3.05) is 13.7 Å². The molecule has 82 valence electrons. The Hall–Kier alpha value is -0.990. The summed E-state index contributed by atoms with van der Waals surface area (Å²) in [6.07, 6.45) is 6.08. The van der Waals surface area contributed by atoms with Crippen molar-refractivity contribution < 1.29 is 4.74 Å². The van der Waals surface area contributed by atoms with Crippen molar-refractivity contribution in [3.05, 3.63) is 34.9 Å². The molecule has 0 saturated heterocycles. The smallest absolute Gasteiger partial charge is 0.126 e. The number of halogens is 1. The lowest BCUT2D eigenvalue weighted by molar-refractivity contribution is 0.414. The van der Waals surface area contributed by atoms with Gasteiger partial charge in [-0.15, -0.1) is 0 Å². The Morgan fingerprint density at radius 2 is 2.27 bits per heavy atom. The summed E-state index contributed by atoms with van der Waals surface area (Å²) in [6.45, 7) is 0.719. The first-order valence-electron chi connectivity index (χ1n) is 4.98. The number of methoxy groups -OCH3 is 1. The van der Waals surface area contributed by atoms with Crippen LogP contribution in [0.2, 0.25) is 5.02 Å². The Kier molecular flexibility index (Phi) is 5.22. The second-order valence-corrected chi connectivity index (χ2v) is 3.66. The third kappa shape index (κ3) is 3.94. The van der Waals surface area contributed by atoms with Crippen LogP contribution in [0.25, 0.3) is 6.08 Å². The highest BCUT2D eigenvalue weighted by molar-refractivity contribution is 6.30.